The lowest BCUT2D eigenvalue weighted by molar-refractivity contribution is 0.432. The molecule has 1 N–H and O–H groups in total. The van der Waals surface area contributed by atoms with Crippen LogP contribution in [0.1, 0.15) is 32.1 Å². The second-order valence-corrected chi connectivity index (χ2v) is 6.65. The number of halogens is 1. The molecule has 3 aromatic rings. The van der Waals surface area contributed by atoms with E-state index in [4.69, 9.17) is 4.52 Å². The molecule has 0 bridgehead atoms. The third kappa shape index (κ3) is 4.39. The van der Waals surface area contributed by atoms with Crippen LogP contribution in [0, 0.1) is 5.82 Å². The van der Waals surface area contributed by atoms with E-state index in [9.17, 15) is 4.39 Å². The van der Waals surface area contributed by atoms with Gasteiger partial charge in [-0.25, -0.2) is 9.37 Å². The van der Waals surface area contributed by atoms with Crippen molar-refractivity contribution in [1.82, 2.24) is 15.1 Å². The summed E-state index contributed by atoms with van der Waals surface area (Å²) < 4.78 is 18.3. The molecule has 1 aliphatic carbocycles. The average molecular weight is 364 g/mol. The normalized spacial score (nSPS) is 14.0. The fourth-order valence-corrected chi connectivity index (χ4v) is 3.16. The van der Waals surface area contributed by atoms with Gasteiger partial charge in [-0.1, -0.05) is 16.8 Å². The third-order valence-electron chi connectivity index (χ3n) is 4.68. The van der Waals surface area contributed by atoms with Crippen molar-refractivity contribution in [2.24, 2.45) is 0 Å². The third-order valence-corrected chi connectivity index (χ3v) is 4.68. The van der Waals surface area contributed by atoms with Crippen molar-refractivity contribution in [3.63, 3.8) is 0 Å². The Labute approximate surface area is 157 Å². The number of anilines is 1. The van der Waals surface area contributed by atoms with Crippen molar-refractivity contribution >= 4 is 5.82 Å². The topological polar surface area (TPSA) is 63.8 Å². The molecule has 0 saturated carbocycles. The largest absolute Gasteiger partial charge is 0.370 e. The number of hydrogen-bond donors (Lipinski definition) is 1. The van der Waals surface area contributed by atoms with Gasteiger partial charge in [0.2, 0.25) is 5.82 Å². The minimum Gasteiger partial charge on any atom is -0.370 e. The van der Waals surface area contributed by atoms with E-state index in [0.29, 0.717) is 17.3 Å². The number of nitrogens with zero attached hydrogens (tertiary/aromatic N) is 3. The van der Waals surface area contributed by atoms with Gasteiger partial charge in [-0.3, -0.25) is 0 Å². The average Bonchev–Trinajstić information content (AvgIpc) is 3.20. The summed E-state index contributed by atoms with van der Waals surface area (Å²) in [6.45, 7) is 0.882. The molecule has 1 aliphatic rings. The molecular formula is C21H21FN4O. The summed E-state index contributed by atoms with van der Waals surface area (Å²) >= 11 is 0. The van der Waals surface area contributed by atoms with E-state index in [1.807, 2.05) is 12.1 Å². The van der Waals surface area contributed by atoms with Crippen LogP contribution in [-0.4, -0.2) is 21.7 Å². The summed E-state index contributed by atoms with van der Waals surface area (Å²) in [6.07, 6.45) is 10.2. The van der Waals surface area contributed by atoms with Crippen LogP contribution in [-0.2, 0) is 0 Å². The van der Waals surface area contributed by atoms with Crippen LogP contribution in [0.15, 0.2) is 58.8 Å². The fourth-order valence-electron chi connectivity index (χ4n) is 3.16. The maximum absolute atomic E-state index is 13.0. The maximum atomic E-state index is 13.0. The van der Waals surface area contributed by atoms with Gasteiger partial charge in [0, 0.05) is 18.3 Å². The molecule has 0 fully saturated rings. The summed E-state index contributed by atoms with van der Waals surface area (Å²) in [5.41, 5.74) is 3.00. The minimum absolute atomic E-state index is 0.297. The zero-order valence-corrected chi connectivity index (χ0v) is 15.0. The van der Waals surface area contributed by atoms with Crippen molar-refractivity contribution in [3.05, 3.63) is 60.1 Å². The number of nitrogens with one attached hydrogen (secondary N) is 1. The second-order valence-electron chi connectivity index (χ2n) is 6.65. The van der Waals surface area contributed by atoms with Crippen LogP contribution < -0.4 is 5.32 Å². The van der Waals surface area contributed by atoms with E-state index >= 15 is 0 Å². The van der Waals surface area contributed by atoms with Gasteiger partial charge < -0.3 is 9.84 Å². The molecule has 4 rings (SSSR count). The monoisotopic (exact) mass is 364 g/mol. The number of pyridine rings is 1. The Kier molecular flexibility index (Phi) is 5.23. The summed E-state index contributed by atoms with van der Waals surface area (Å²) in [4.78, 5) is 8.79. The Bertz CT molecular complexity index is 916. The second kappa shape index (κ2) is 8.12. The molecule has 138 valence electrons. The number of allylic oxidation sites excluding steroid dienone is 1. The number of hydrogen-bond acceptors (Lipinski definition) is 5. The first-order valence-corrected chi connectivity index (χ1v) is 9.26. The van der Waals surface area contributed by atoms with Gasteiger partial charge in [-0.2, -0.15) is 4.98 Å². The van der Waals surface area contributed by atoms with Gasteiger partial charge in [0.1, 0.15) is 11.6 Å². The Balaban J connectivity index is 1.37. The van der Waals surface area contributed by atoms with Crippen LogP contribution in [0.3, 0.4) is 0 Å². The molecule has 0 aliphatic heterocycles. The fraction of sp³-hybridized carbons (Fsp3) is 0.286. The Morgan fingerprint density at radius 2 is 1.89 bits per heavy atom. The van der Waals surface area contributed by atoms with Crippen molar-refractivity contribution in [2.45, 2.75) is 32.1 Å². The molecule has 1 aromatic carbocycles. The highest BCUT2D eigenvalue weighted by molar-refractivity contribution is 5.60. The van der Waals surface area contributed by atoms with E-state index in [1.165, 1.54) is 37.8 Å². The molecule has 0 unspecified atom stereocenters. The molecular weight excluding hydrogens is 343 g/mol. The molecule has 0 saturated heterocycles. The van der Waals surface area contributed by atoms with Crippen molar-refractivity contribution in [3.8, 4) is 22.8 Å². The standard InChI is InChI=1S/C21H21FN4O/c22-18-9-6-16(7-10-18)20-25-21(27-26-20)17-8-11-19(24-14-17)23-13-12-15-4-2-1-3-5-15/h4,6-11,14H,1-3,5,12-13H2,(H,23,24). The van der Waals surface area contributed by atoms with Crippen LogP contribution >= 0.6 is 0 Å². The van der Waals surface area contributed by atoms with Crippen molar-refractivity contribution < 1.29 is 8.91 Å². The maximum Gasteiger partial charge on any atom is 0.259 e. The molecule has 0 atom stereocenters. The summed E-state index contributed by atoms with van der Waals surface area (Å²) in [6, 6.07) is 9.80. The molecule has 2 aromatic heterocycles. The number of aromatic nitrogens is 3. The molecule has 6 heteroatoms. The number of benzene rings is 1. The zero-order valence-electron chi connectivity index (χ0n) is 15.0. The summed E-state index contributed by atoms with van der Waals surface area (Å²) in [5.74, 6) is 1.34. The van der Waals surface area contributed by atoms with Crippen LogP contribution in [0.4, 0.5) is 10.2 Å². The molecule has 2 heterocycles. The number of rotatable bonds is 6. The van der Waals surface area contributed by atoms with Gasteiger partial charge in [0.15, 0.2) is 0 Å². The minimum atomic E-state index is -0.297. The quantitative estimate of drug-likeness (QED) is 0.606. The predicted octanol–water partition coefficient (Wildman–Crippen LogP) is 5.24. The smallest absolute Gasteiger partial charge is 0.259 e. The Morgan fingerprint density at radius 3 is 2.63 bits per heavy atom. The van der Waals surface area contributed by atoms with Gasteiger partial charge in [0.05, 0.1) is 5.56 Å². The highest BCUT2D eigenvalue weighted by atomic mass is 19.1. The molecule has 0 spiro atoms. The van der Waals surface area contributed by atoms with Gasteiger partial charge >= 0.3 is 0 Å². The van der Waals surface area contributed by atoms with Gasteiger partial charge in [-0.15, -0.1) is 0 Å². The lowest BCUT2D eigenvalue weighted by atomic mass is 9.97. The van der Waals surface area contributed by atoms with Gasteiger partial charge in [-0.05, 0) is 68.5 Å². The lowest BCUT2D eigenvalue weighted by Gasteiger charge is -2.13. The Hall–Kier alpha value is -3.02. The highest BCUT2D eigenvalue weighted by Gasteiger charge is 2.11. The molecule has 5 nitrogen and oxygen atoms in total. The van der Waals surface area contributed by atoms with Crippen molar-refractivity contribution in [1.29, 1.82) is 0 Å². The first kappa shape index (κ1) is 17.4. The predicted molar refractivity (Wildman–Crippen MR) is 103 cm³/mol. The Morgan fingerprint density at radius 1 is 1.04 bits per heavy atom. The van der Waals surface area contributed by atoms with Crippen molar-refractivity contribution in [2.75, 3.05) is 11.9 Å². The van der Waals surface area contributed by atoms with Crippen LogP contribution in [0.5, 0.6) is 0 Å². The van der Waals surface area contributed by atoms with Crippen LogP contribution in [0.2, 0.25) is 0 Å². The van der Waals surface area contributed by atoms with E-state index in [1.54, 1.807) is 23.9 Å². The molecule has 0 amide bonds. The SMILES string of the molecule is Fc1ccc(-c2noc(-c3ccc(NCCC4=CCCCC4)nc3)n2)cc1. The van der Waals surface area contributed by atoms with E-state index < -0.39 is 0 Å². The van der Waals surface area contributed by atoms with Gasteiger partial charge in [0.25, 0.3) is 5.89 Å². The molecule has 0 radical (unpaired) electrons. The summed E-state index contributed by atoms with van der Waals surface area (Å²) in [5, 5.41) is 7.31. The van der Waals surface area contributed by atoms with E-state index in [-0.39, 0.29) is 5.82 Å². The first-order valence-electron chi connectivity index (χ1n) is 9.26. The lowest BCUT2D eigenvalue weighted by Crippen LogP contribution is -2.05. The van der Waals surface area contributed by atoms with E-state index in [2.05, 4.69) is 26.5 Å². The summed E-state index contributed by atoms with van der Waals surface area (Å²) in [7, 11) is 0. The van der Waals surface area contributed by atoms with Crippen LogP contribution in [0.25, 0.3) is 22.8 Å². The first-order chi connectivity index (χ1) is 13.3. The highest BCUT2D eigenvalue weighted by Crippen LogP contribution is 2.23. The van der Waals surface area contributed by atoms with E-state index in [0.717, 1.165) is 24.3 Å². The molecule has 27 heavy (non-hydrogen) atoms. The zero-order chi connectivity index (χ0) is 18.5.